The lowest BCUT2D eigenvalue weighted by Crippen LogP contribution is -2.29. The highest BCUT2D eigenvalue weighted by Crippen LogP contribution is 2.36. The number of hydrogen-bond acceptors (Lipinski definition) is 5. The second kappa shape index (κ2) is 9.42. The van der Waals surface area contributed by atoms with E-state index >= 15 is 0 Å². The molecular weight excluding hydrogens is 376 g/mol. The summed E-state index contributed by atoms with van der Waals surface area (Å²) in [7, 11) is 0. The average Bonchev–Trinajstić information content (AvgIpc) is 2.72. The number of piperidine rings is 1. The van der Waals surface area contributed by atoms with Crippen molar-refractivity contribution in [2.45, 2.75) is 42.4 Å². The molecule has 1 saturated heterocycles. The van der Waals surface area contributed by atoms with Gasteiger partial charge in [-0.1, -0.05) is 13.0 Å². The van der Waals surface area contributed by atoms with Crippen LogP contribution in [-0.2, 0) is 6.42 Å². The fraction of sp³-hybridized carbons (Fsp3) is 0.381. The van der Waals surface area contributed by atoms with Crippen LogP contribution in [0, 0.1) is 0 Å². The minimum Gasteiger partial charge on any atom is -0.478 e. The lowest BCUT2D eigenvalue weighted by molar-refractivity contribution is 0.0696. The molecule has 0 spiro atoms. The van der Waals surface area contributed by atoms with Gasteiger partial charge in [-0.15, -0.1) is 11.8 Å². The largest absolute Gasteiger partial charge is 0.478 e. The van der Waals surface area contributed by atoms with Gasteiger partial charge in [-0.3, -0.25) is 0 Å². The summed E-state index contributed by atoms with van der Waals surface area (Å²) >= 11 is 3.23. The third-order valence-electron chi connectivity index (χ3n) is 4.87. The fourth-order valence-corrected chi connectivity index (χ4v) is 4.67. The molecule has 0 bridgehead atoms. The van der Waals surface area contributed by atoms with Gasteiger partial charge in [0.2, 0.25) is 0 Å². The zero-order valence-electron chi connectivity index (χ0n) is 15.8. The highest BCUT2D eigenvalue weighted by Gasteiger charge is 2.16. The van der Waals surface area contributed by atoms with Crippen LogP contribution in [0.5, 0.6) is 0 Å². The smallest absolute Gasteiger partial charge is 0.335 e. The zero-order chi connectivity index (χ0) is 19.2. The molecule has 2 aromatic rings. The Morgan fingerprint density at radius 2 is 1.93 bits per heavy atom. The predicted octanol–water partition coefficient (Wildman–Crippen LogP) is 5.78. The topological polar surface area (TPSA) is 52.6 Å². The number of carbonyl (C=O) groups is 1. The van der Waals surface area contributed by atoms with E-state index < -0.39 is 5.97 Å². The summed E-state index contributed by atoms with van der Waals surface area (Å²) in [5.41, 5.74) is 3.80. The van der Waals surface area contributed by atoms with Crippen LogP contribution in [0.15, 0.2) is 46.2 Å². The van der Waals surface area contributed by atoms with Gasteiger partial charge in [0, 0.05) is 22.9 Å². The summed E-state index contributed by atoms with van der Waals surface area (Å²) in [4.78, 5) is 16.0. The zero-order valence-corrected chi connectivity index (χ0v) is 17.5. The van der Waals surface area contributed by atoms with Crippen molar-refractivity contribution in [2.75, 3.05) is 29.0 Å². The molecule has 2 N–H and O–H groups in total. The third-order valence-corrected chi connectivity index (χ3v) is 6.51. The number of thioether (sulfide) groups is 1. The molecule has 27 heavy (non-hydrogen) atoms. The van der Waals surface area contributed by atoms with Crippen LogP contribution in [0.25, 0.3) is 0 Å². The first kappa shape index (κ1) is 20.0. The van der Waals surface area contributed by atoms with Gasteiger partial charge in [0.15, 0.2) is 0 Å². The molecule has 144 valence electrons. The Morgan fingerprint density at radius 1 is 1.15 bits per heavy atom. The number of hydrogen-bond donors (Lipinski definition) is 2. The van der Waals surface area contributed by atoms with E-state index in [1.165, 1.54) is 41.8 Å². The molecular formula is C21H26N2O2S2. The molecule has 0 saturated carbocycles. The van der Waals surface area contributed by atoms with E-state index in [4.69, 9.17) is 0 Å². The summed E-state index contributed by atoms with van der Waals surface area (Å²) in [6, 6.07) is 11.9. The van der Waals surface area contributed by atoms with Crippen molar-refractivity contribution in [1.29, 1.82) is 0 Å². The molecule has 4 nitrogen and oxygen atoms in total. The van der Waals surface area contributed by atoms with E-state index in [-0.39, 0.29) is 0 Å². The van der Waals surface area contributed by atoms with Crippen molar-refractivity contribution in [1.82, 2.24) is 0 Å². The van der Waals surface area contributed by atoms with Crippen molar-refractivity contribution >= 4 is 41.1 Å². The maximum Gasteiger partial charge on any atom is 0.335 e. The van der Waals surface area contributed by atoms with Gasteiger partial charge in [0.05, 0.1) is 16.9 Å². The molecule has 0 aliphatic carbocycles. The van der Waals surface area contributed by atoms with Crippen molar-refractivity contribution in [2.24, 2.45) is 0 Å². The molecule has 0 aromatic heterocycles. The third kappa shape index (κ3) is 4.93. The molecule has 1 fully saturated rings. The van der Waals surface area contributed by atoms with E-state index in [2.05, 4.69) is 41.0 Å². The Bertz CT molecular complexity index is 805. The summed E-state index contributed by atoms with van der Waals surface area (Å²) in [5, 5.41) is 9.30. The number of aromatic carboxylic acids is 1. The molecule has 0 atom stereocenters. The molecule has 1 aliphatic heterocycles. The van der Waals surface area contributed by atoms with Crippen LogP contribution in [0.2, 0.25) is 0 Å². The maximum atomic E-state index is 11.3. The molecule has 0 amide bonds. The first-order valence-electron chi connectivity index (χ1n) is 9.34. The number of nitrogens with zero attached hydrogens (tertiary/aromatic N) is 1. The van der Waals surface area contributed by atoms with Gasteiger partial charge in [0.1, 0.15) is 0 Å². The van der Waals surface area contributed by atoms with Gasteiger partial charge in [-0.05, 0) is 79.8 Å². The van der Waals surface area contributed by atoms with Gasteiger partial charge in [-0.2, -0.15) is 0 Å². The summed E-state index contributed by atoms with van der Waals surface area (Å²) in [6.07, 6.45) is 6.72. The minimum atomic E-state index is -0.891. The number of carboxylic acids is 1. The summed E-state index contributed by atoms with van der Waals surface area (Å²) in [6.45, 7) is 4.27. The van der Waals surface area contributed by atoms with Gasteiger partial charge in [-0.25, -0.2) is 4.79 Å². The van der Waals surface area contributed by atoms with Crippen molar-refractivity contribution < 1.29 is 9.90 Å². The Morgan fingerprint density at radius 3 is 2.59 bits per heavy atom. The van der Waals surface area contributed by atoms with Crippen LogP contribution >= 0.6 is 23.7 Å². The number of aryl methyl sites for hydroxylation is 1. The SMILES string of the molecule is CCc1ccc(C(=O)O)cc1SNc1cc(SC)ccc1N1CCCCC1. The highest BCUT2D eigenvalue weighted by atomic mass is 32.2. The van der Waals surface area contributed by atoms with E-state index in [0.29, 0.717) is 5.56 Å². The van der Waals surface area contributed by atoms with E-state index in [0.717, 1.165) is 35.7 Å². The van der Waals surface area contributed by atoms with Crippen molar-refractivity contribution in [3.63, 3.8) is 0 Å². The summed E-state index contributed by atoms with van der Waals surface area (Å²) < 4.78 is 3.51. The lowest BCUT2D eigenvalue weighted by atomic mass is 10.1. The lowest BCUT2D eigenvalue weighted by Gasteiger charge is -2.31. The highest BCUT2D eigenvalue weighted by molar-refractivity contribution is 8.00. The van der Waals surface area contributed by atoms with Gasteiger partial charge >= 0.3 is 5.97 Å². The van der Waals surface area contributed by atoms with Crippen LogP contribution in [0.1, 0.15) is 42.1 Å². The number of nitrogens with one attached hydrogen (secondary N) is 1. The Labute approximate surface area is 169 Å². The fourth-order valence-electron chi connectivity index (χ4n) is 3.32. The monoisotopic (exact) mass is 402 g/mol. The first-order valence-corrected chi connectivity index (χ1v) is 11.4. The van der Waals surface area contributed by atoms with Crippen LogP contribution in [-0.4, -0.2) is 30.4 Å². The van der Waals surface area contributed by atoms with E-state index in [1.54, 1.807) is 23.9 Å². The van der Waals surface area contributed by atoms with Gasteiger partial charge in [0.25, 0.3) is 0 Å². The molecule has 1 aliphatic rings. The Hall–Kier alpha value is -1.79. The van der Waals surface area contributed by atoms with Crippen LogP contribution in [0.4, 0.5) is 11.4 Å². The number of anilines is 2. The molecule has 3 rings (SSSR count). The van der Waals surface area contributed by atoms with Gasteiger partial charge < -0.3 is 14.7 Å². The second-order valence-electron chi connectivity index (χ2n) is 6.62. The van der Waals surface area contributed by atoms with Crippen molar-refractivity contribution in [3.8, 4) is 0 Å². The number of rotatable bonds is 7. The Kier molecular flexibility index (Phi) is 6.96. The second-order valence-corrected chi connectivity index (χ2v) is 8.34. The molecule has 2 aromatic carbocycles. The molecule has 0 radical (unpaired) electrons. The molecule has 1 heterocycles. The predicted molar refractivity (Wildman–Crippen MR) is 117 cm³/mol. The number of carboxylic acid groups (broad SMARTS) is 1. The maximum absolute atomic E-state index is 11.3. The summed E-state index contributed by atoms with van der Waals surface area (Å²) in [5.74, 6) is -0.891. The Balaban J connectivity index is 1.86. The average molecular weight is 403 g/mol. The van der Waals surface area contributed by atoms with Crippen molar-refractivity contribution in [3.05, 3.63) is 47.5 Å². The molecule has 6 heteroatoms. The normalized spacial score (nSPS) is 14.2. The quantitative estimate of drug-likeness (QED) is 0.452. The first-order chi connectivity index (χ1) is 13.1. The molecule has 0 unspecified atom stereocenters. The van der Waals surface area contributed by atoms with E-state index in [9.17, 15) is 9.90 Å². The van der Waals surface area contributed by atoms with Crippen LogP contribution < -0.4 is 9.62 Å². The minimum absolute atomic E-state index is 0.325. The van der Waals surface area contributed by atoms with E-state index in [1.807, 2.05) is 6.07 Å². The number of benzene rings is 2. The standard InChI is InChI=1S/C21H26N2O2S2/c1-3-15-7-8-16(21(24)25)13-20(15)27-22-18-14-17(26-2)9-10-19(18)23-11-5-4-6-12-23/h7-10,13-14,22H,3-6,11-12H2,1-2H3,(H,24,25). The van der Waals surface area contributed by atoms with Crippen LogP contribution in [0.3, 0.4) is 0 Å².